The Morgan fingerprint density at radius 2 is 1.80 bits per heavy atom. The van der Waals surface area contributed by atoms with Crippen LogP contribution in [0.4, 0.5) is 5.69 Å². The fourth-order valence-electron chi connectivity index (χ4n) is 1.17. The van der Waals surface area contributed by atoms with Crippen LogP contribution < -0.4 is 11.1 Å². The number of rotatable bonds is 2. The van der Waals surface area contributed by atoms with Gasteiger partial charge in [-0.3, -0.25) is 0 Å². The maximum Gasteiger partial charge on any atom is 0.168 e. The predicted octanol–water partition coefficient (Wildman–Crippen LogP) is 3.99. The van der Waals surface area contributed by atoms with Crippen molar-refractivity contribution < 1.29 is 0 Å². The molecule has 0 radical (unpaired) electrons. The Bertz CT molecular complexity index is 368. The first-order chi connectivity index (χ1) is 6.91. The van der Waals surface area contributed by atoms with Crippen LogP contribution in [0.3, 0.4) is 0 Å². The summed E-state index contributed by atoms with van der Waals surface area (Å²) in [5, 5.41) is 3.18. The first-order valence-corrected chi connectivity index (χ1v) is 6.46. The van der Waals surface area contributed by atoms with E-state index >= 15 is 0 Å². The number of benzene rings is 1. The van der Waals surface area contributed by atoms with Crippen LogP contribution in [0.25, 0.3) is 0 Å². The number of hydrogen-bond acceptors (Lipinski definition) is 1. The molecule has 0 amide bonds. The first kappa shape index (κ1) is 12.9. The normalized spacial score (nSPS) is 10.5. The van der Waals surface area contributed by atoms with Gasteiger partial charge in [-0.25, -0.2) is 0 Å². The van der Waals surface area contributed by atoms with Gasteiger partial charge in [-0.2, -0.15) is 0 Å². The lowest BCUT2D eigenvalue weighted by molar-refractivity contribution is 0.865. The quantitative estimate of drug-likeness (QED) is 0.791. The molecule has 3 N–H and O–H groups in total. The molecule has 0 heterocycles. The van der Waals surface area contributed by atoms with Gasteiger partial charge in [0, 0.05) is 8.95 Å². The van der Waals surface area contributed by atoms with Crippen molar-refractivity contribution in [2.45, 2.75) is 19.8 Å². The molecule has 1 aromatic carbocycles. The first-order valence-electron chi connectivity index (χ1n) is 4.47. The Balaban J connectivity index is 3.15. The highest BCUT2D eigenvalue weighted by Gasteiger charge is 2.09. The van der Waals surface area contributed by atoms with Crippen LogP contribution in [0.5, 0.6) is 0 Å². The van der Waals surface area contributed by atoms with Gasteiger partial charge in [0.25, 0.3) is 0 Å². The highest BCUT2D eigenvalue weighted by Crippen LogP contribution is 2.34. The van der Waals surface area contributed by atoms with Crippen LogP contribution >= 0.6 is 44.1 Å². The number of nitrogens with two attached hydrogens (primary N) is 1. The molecule has 5 heteroatoms. The van der Waals surface area contributed by atoms with Crippen LogP contribution in [0.1, 0.15) is 25.3 Å². The molecule has 0 unspecified atom stereocenters. The maximum absolute atomic E-state index is 5.44. The van der Waals surface area contributed by atoms with Gasteiger partial charge in [0.15, 0.2) is 5.11 Å². The van der Waals surface area contributed by atoms with Gasteiger partial charge in [0.1, 0.15) is 0 Å². The third-order valence-electron chi connectivity index (χ3n) is 1.98. The molecule has 1 rings (SSSR count). The van der Waals surface area contributed by atoms with E-state index in [0.717, 1.165) is 14.6 Å². The molecule has 0 aliphatic heterocycles. The van der Waals surface area contributed by atoms with Crippen LogP contribution in [0.2, 0.25) is 0 Å². The van der Waals surface area contributed by atoms with Crippen molar-refractivity contribution in [3.05, 3.63) is 26.6 Å². The summed E-state index contributed by atoms with van der Waals surface area (Å²) in [4.78, 5) is 0. The van der Waals surface area contributed by atoms with Crippen molar-refractivity contribution in [1.82, 2.24) is 0 Å². The fourth-order valence-corrected chi connectivity index (χ4v) is 2.69. The molecule has 15 heavy (non-hydrogen) atoms. The van der Waals surface area contributed by atoms with E-state index in [0.29, 0.717) is 5.92 Å². The minimum atomic E-state index is 0.258. The SMILES string of the molecule is CC(C)c1cc(Br)c(NC(N)=S)c(Br)c1. The largest absolute Gasteiger partial charge is 0.376 e. The molecule has 0 aliphatic rings. The molecule has 1 aromatic rings. The molecule has 82 valence electrons. The van der Waals surface area contributed by atoms with Crippen molar-refractivity contribution in [3.63, 3.8) is 0 Å². The summed E-state index contributed by atoms with van der Waals surface area (Å²) in [6, 6.07) is 4.13. The van der Waals surface area contributed by atoms with Crippen molar-refractivity contribution in [3.8, 4) is 0 Å². The third kappa shape index (κ3) is 3.43. The van der Waals surface area contributed by atoms with E-state index in [2.05, 4.69) is 63.2 Å². The Morgan fingerprint density at radius 3 is 2.13 bits per heavy atom. The van der Waals surface area contributed by atoms with E-state index < -0.39 is 0 Å². The van der Waals surface area contributed by atoms with Crippen LogP contribution in [0, 0.1) is 0 Å². The van der Waals surface area contributed by atoms with Crippen LogP contribution in [0.15, 0.2) is 21.1 Å². The zero-order valence-corrected chi connectivity index (χ0v) is 12.5. The summed E-state index contributed by atoms with van der Waals surface area (Å²) in [6.07, 6.45) is 0. The van der Waals surface area contributed by atoms with Gasteiger partial charge in [-0.15, -0.1) is 0 Å². The molecular weight excluding hydrogens is 340 g/mol. The monoisotopic (exact) mass is 350 g/mol. The smallest absolute Gasteiger partial charge is 0.168 e. The summed E-state index contributed by atoms with van der Waals surface area (Å²) in [5.74, 6) is 0.483. The Hall–Kier alpha value is -0.130. The summed E-state index contributed by atoms with van der Waals surface area (Å²) in [6.45, 7) is 4.30. The summed E-state index contributed by atoms with van der Waals surface area (Å²) >= 11 is 11.8. The molecule has 2 nitrogen and oxygen atoms in total. The van der Waals surface area contributed by atoms with Crippen molar-refractivity contribution in [2.24, 2.45) is 5.73 Å². The summed E-state index contributed by atoms with van der Waals surface area (Å²) in [5.41, 5.74) is 7.56. The average Bonchev–Trinajstić information content (AvgIpc) is 2.10. The zero-order chi connectivity index (χ0) is 11.6. The molecule has 0 fully saturated rings. The second kappa shape index (κ2) is 5.27. The highest BCUT2D eigenvalue weighted by atomic mass is 79.9. The molecule has 0 bridgehead atoms. The van der Waals surface area contributed by atoms with Crippen molar-refractivity contribution in [2.75, 3.05) is 5.32 Å². The van der Waals surface area contributed by atoms with Gasteiger partial charge in [-0.1, -0.05) is 13.8 Å². The van der Waals surface area contributed by atoms with E-state index in [4.69, 9.17) is 18.0 Å². The van der Waals surface area contributed by atoms with E-state index in [1.807, 2.05) is 0 Å². The summed E-state index contributed by atoms with van der Waals surface area (Å²) < 4.78 is 1.90. The molecular formula is C10H12Br2N2S. The number of hydrogen-bond donors (Lipinski definition) is 2. The lowest BCUT2D eigenvalue weighted by Gasteiger charge is -2.13. The number of anilines is 1. The molecule has 0 atom stereocenters. The summed E-state index contributed by atoms with van der Waals surface area (Å²) in [7, 11) is 0. The molecule has 0 spiro atoms. The van der Waals surface area contributed by atoms with Crippen LogP contribution in [-0.4, -0.2) is 5.11 Å². The molecule has 0 aliphatic carbocycles. The lowest BCUT2D eigenvalue weighted by Crippen LogP contribution is -2.19. The van der Waals surface area contributed by atoms with Gasteiger partial charge in [0.2, 0.25) is 0 Å². The minimum absolute atomic E-state index is 0.258. The molecule has 0 aromatic heterocycles. The van der Waals surface area contributed by atoms with E-state index in [1.54, 1.807) is 0 Å². The lowest BCUT2D eigenvalue weighted by atomic mass is 10.0. The van der Waals surface area contributed by atoms with Crippen molar-refractivity contribution >= 4 is 54.9 Å². The second-order valence-corrected chi connectivity index (χ2v) is 5.65. The average molecular weight is 352 g/mol. The Labute approximate surface area is 112 Å². The van der Waals surface area contributed by atoms with Gasteiger partial charge >= 0.3 is 0 Å². The Morgan fingerprint density at radius 1 is 1.33 bits per heavy atom. The minimum Gasteiger partial charge on any atom is -0.376 e. The number of thiocarbonyl (C=S) groups is 1. The van der Waals surface area contributed by atoms with Gasteiger partial charge in [-0.05, 0) is 67.7 Å². The van der Waals surface area contributed by atoms with E-state index in [9.17, 15) is 0 Å². The Kier molecular flexibility index (Phi) is 4.55. The van der Waals surface area contributed by atoms with Gasteiger partial charge in [0.05, 0.1) is 5.69 Å². The number of nitrogens with one attached hydrogen (secondary N) is 1. The van der Waals surface area contributed by atoms with Crippen molar-refractivity contribution in [1.29, 1.82) is 0 Å². The number of halogens is 2. The second-order valence-electron chi connectivity index (χ2n) is 3.50. The fraction of sp³-hybridized carbons (Fsp3) is 0.300. The third-order valence-corrected chi connectivity index (χ3v) is 3.33. The molecule has 0 saturated carbocycles. The topological polar surface area (TPSA) is 38.0 Å². The van der Waals surface area contributed by atoms with E-state index in [-0.39, 0.29) is 5.11 Å². The standard InChI is InChI=1S/C10H12Br2N2S/c1-5(2)6-3-7(11)9(8(12)4-6)14-10(13)15/h3-5H,1-2H3,(H3,13,14,15). The van der Waals surface area contributed by atoms with Gasteiger partial charge < -0.3 is 11.1 Å². The maximum atomic E-state index is 5.44. The predicted molar refractivity (Wildman–Crippen MR) is 76.3 cm³/mol. The zero-order valence-electron chi connectivity index (χ0n) is 8.47. The van der Waals surface area contributed by atoms with Crippen LogP contribution in [-0.2, 0) is 0 Å². The van der Waals surface area contributed by atoms with E-state index in [1.165, 1.54) is 5.56 Å². The molecule has 0 saturated heterocycles. The highest BCUT2D eigenvalue weighted by molar-refractivity contribution is 9.11.